The molecular weight excluding hydrogens is 248 g/mol. The Hall–Kier alpha value is -1.97. The second kappa shape index (κ2) is 6.46. The lowest BCUT2D eigenvalue weighted by molar-refractivity contribution is 0.619. The molecule has 0 unspecified atom stereocenters. The molecule has 0 aliphatic rings. The van der Waals surface area contributed by atoms with Crippen molar-refractivity contribution >= 4 is 11.4 Å². The molecule has 2 rings (SSSR count). The van der Waals surface area contributed by atoms with E-state index in [1.807, 2.05) is 0 Å². The van der Waals surface area contributed by atoms with Crippen LogP contribution < -0.4 is 10.2 Å². The highest BCUT2D eigenvalue weighted by Crippen LogP contribution is 2.24. The molecular formula is C16H24N4. The molecule has 0 amide bonds. The van der Waals surface area contributed by atoms with E-state index in [0.717, 1.165) is 30.9 Å². The first kappa shape index (κ1) is 14.4. The number of benzene rings is 1. The summed E-state index contributed by atoms with van der Waals surface area (Å²) < 4.78 is 2.07. The SMILES string of the molecule is CCc1cc(CNc2ccccc2N(C)C)n(CC)n1. The second-order valence-corrected chi connectivity index (χ2v) is 5.06. The van der Waals surface area contributed by atoms with Gasteiger partial charge in [0.2, 0.25) is 0 Å². The number of hydrogen-bond donors (Lipinski definition) is 1. The fourth-order valence-corrected chi connectivity index (χ4v) is 2.30. The molecule has 20 heavy (non-hydrogen) atoms. The van der Waals surface area contributed by atoms with Gasteiger partial charge in [-0.2, -0.15) is 5.10 Å². The Bertz CT molecular complexity index is 557. The lowest BCUT2D eigenvalue weighted by atomic mass is 10.2. The van der Waals surface area contributed by atoms with Crippen LogP contribution in [-0.2, 0) is 19.5 Å². The van der Waals surface area contributed by atoms with E-state index in [9.17, 15) is 0 Å². The van der Waals surface area contributed by atoms with E-state index in [1.54, 1.807) is 0 Å². The van der Waals surface area contributed by atoms with Gasteiger partial charge in [0, 0.05) is 20.6 Å². The molecule has 1 aromatic carbocycles. The third-order valence-electron chi connectivity index (χ3n) is 3.42. The highest BCUT2D eigenvalue weighted by atomic mass is 15.3. The molecule has 0 saturated carbocycles. The van der Waals surface area contributed by atoms with Crippen LogP contribution in [0.5, 0.6) is 0 Å². The lowest BCUT2D eigenvalue weighted by Crippen LogP contribution is -2.13. The van der Waals surface area contributed by atoms with Gasteiger partial charge >= 0.3 is 0 Å². The van der Waals surface area contributed by atoms with Gasteiger partial charge in [-0.25, -0.2) is 0 Å². The van der Waals surface area contributed by atoms with Crippen molar-refractivity contribution in [3.8, 4) is 0 Å². The molecule has 1 heterocycles. The van der Waals surface area contributed by atoms with Gasteiger partial charge in [0.15, 0.2) is 0 Å². The number of nitrogens with one attached hydrogen (secondary N) is 1. The molecule has 108 valence electrons. The van der Waals surface area contributed by atoms with Crippen LogP contribution in [0.25, 0.3) is 0 Å². The molecule has 0 saturated heterocycles. The molecule has 4 nitrogen and oxygen atoms in total. The topological polar surface area (TPSA) is 33.1 Å². The molecule has 2 aromatic rings. The summed E-state index contributed by atoms with van der Waals surface area (Å²) in [5, 5.41) is 8.10. The molecule has 0 aliphatic carbocycles. The minimum absolute atomic E-state index is 0.797. The highest BCUT2D eigenvalue weighted by Gasteiger charge is 2.07. The predicted molar refractivity (Wildman–Crippen MR) is 85.4 cm³/mol. The van der Waals surface area contributed by atoms with E-state index in [2.05, 4.69) is 78.3 Å². The van der Waals surface area contributed by atoms with Gasteiger partial charge in [-0.05, 0) is 31.5 Å². The molecule has 0 radical (unpaired) electrons. The van der Waals surface area contributed by atoms with Gasteiger partial charge in [-0.3, -0.25) is 4.68 Å². The molecule has 0 fully saturated rings. The summed E-state index contributed by atoms with van der Waals surface area (Å²) in [6.07, 6.45) is 0.980. The van der Waals surface area contributed by atoms with Crippen molar-refractivity contribution < 1.29 is 0 Å². The van der Waals surface area contributed by atoms with Gasteiger partial charge in [0.1, 0.15) is 0 Å². The summed E-state index contributed by atoms with van der Waals surface area (Å²) in [5.41, 5.74) is 4.74. The molecule has 0 spiro atoms. The minimum Gasteiger partial charge on any atom is -0.378 e. The van der Waals surface area contributed by atoms with Crippen LogP contribution in [0.15, 0.2) is 30.3 Å². The van der Waals surface area contributed by atoms with Crippen molar-refractivity contribution in [1.29, 1.82) is 0 Å². The van der Waals surface area contributed by atoms with E-state index in [4.69, 9.17) is 0 Å². The summed E-state index contributed by atoms with van der Waals surface area (Å²) >= 11 is 0. The molecule has 0 bridgehead atoms. The fraction of sp³-hybridized carbons (Fsp3) is 0.438. The van der Waals surface area contributed by atoms with Crippen LogP contribution in [0.2, 0.25) is 0 Å². The maximum Gasteiger partial charge on any atom is 0.0625 e. The number of aromatic nitrogens is 2. The Morgan fingerprint density at radius 3 is 2.60 bits per heavy atom. The molecule has 1 aromatic heterocycles. The summed E-state index contributed by atoms with van der Waals surface area (Å²) in [4.78, 5) is 2.12. The summed E-state index contributed by atoms with van der Waals surface area (Å²) in [5.74, 6) is 0. The van der Waals surface area contributed by atoms with Crippen LogP contribution in [-0.4, -0.2) is 23.9 Å². The molecule has 0 aliphatic heterocycles. The van der Waals surface area contributed by atoms with Gasteiger partial charge in [-0.1, -0.05) is 19.1 Å². The zero-order chi connectivity index (χ0) is 14.5. The number of anilines is 2. The zero-order valence-corrected chi connectivity index (χ0v) is 12.8. The van der Waals surface area contributed by atoms with Gasteiger partial charge in [-0.15, -0.1) is 0 Å². The Balaban J connectivity index is 2.14. The van der Waals surface area contributed by atoms with E-state index in [0.29, 0.717) is 0 Å². The number of para-hydroxylation sites is 2. The van der Waals surface area contributed by atoms with Crippen molar-refractivity contribution in [2.75, 3.05) is 24.3 Å². The molecule has 1 N–H and O–H groups in total. The smallest absolute Gasteiger partial charge is 0.0625 e. The van der Waals surface area contributed by atoms with E-state index in [1.165, 1.54) is 11.4 Å². The normalized spacial score (nSPS) is 10.6. The molecule has 4 heteroatoms. The average molecular weight is 272 g/mol. The first-order valence-corrected chi connectivity index (χ1v) is 7.21. The third-order valence-corrected chi connectivity index (χ3v) is 3.42. The Morgan fingerprint density at radius 1 is 1.20 bits per heavy atom. The summed E-state index contributed by atoms with van der Waals surface area (Å²) in [7, 11) is 4.12. The maximum absolute atomic E-state index is 4.58. The Kier molecular flexibility index (Phi) is 4.66. The predicted octanol–water partition coefficient (Wildman–Crippen LogP) is 3.14. The standard InChI is InChI=1S/C16H24N4/c1-5-13-11-14(20(6-2)18-13)12-17-15-9-7-8-10-16(15)19(3)4/h7-11,17H,5-6,12H2,1-4H3. The summed E-state index contributed by atoms with van der Waals surface area (Å²) in [6.45, 7) is 5.97. The van der Waals surface area contributed by atoms with Crippen LogP contribution >= 0.6 is 0 Å². The van der Waals surface area contributed by atoms with Crippen LogP contribution in [0.4, 0.5) is 11.4 Å². The Morgan fingerprint density at radius 2 is 1.95 bits per heavy atom. The van der Waals surface area contributed by atoms with Gasteiger partial charge < -0.3 is 10.2 Å². The van der Waals surface area contributed by atoms with Gasteiger partial charge in [0.25, 0.3) is 0 Å². The monoisotopic (exact) mass is 272 g/mol. The van der Waals surface area contributed by atoms with Crippen molar-refractivity contribution in [2.24, 2.45) is 0 Å². The van der Waals surface area contributed by atoms with Crippen LogP contribution in [0.1, 0.15) is 25.2 Å². The van der Waals surface area contributed by atoms with E-state index >= 15 is 0 Å². The largest absolute Gasteiger partial charge is 0.378 e. The van der Waals surface area contributed by atoms with Crippen molar-refractivity contribution in [3.63, 3.8) is 0 Å². The van der Waals surface area contributed by atoms with Crippen molar-refractivity contribution in [1.82, 2.24) is 9.78 Å². The van der Waals surface area contributed by atoms with E-state index < -0.39 is 0 Å². The second-order valence-electron chi connectivity index (χ2n) is 5.06. The minimum atomic E-state index is 0.797. The van der Waals surface area contributed by atoms with Gasteiger partial charge in [0.05, 0.1) is 29.3 Å². The highest BCUT2D eigenvalue weighted by molar-refractivity contribution is 5.69. The number of nitrogens with zero attached hydrogens (tertiary/aromatic N) is 3. The Labute approximate surface area is 121 Å². The maximum atomic E-state index is 4.58. The lowest BCUT2D eigenvalue weighted by Gasteiger charge is -2.18. The first-order chi connectivity index (χ1) is 9.65. The average Bonchev–Trinajstić information content (AvgIpc) is 2.87. The van der Waals surface area contributed by atoms with Crippen LogP contribution in [0, 0.1) is 0 Å². The number of rotatable bonds is 6. The summed E-state index contributed by atoms with van der Waals surface area (Å²) in [6, 6.07) is 10.5. The third kappa shape index (κ3) is 3.13. The number of hydrogen-bond acceptors (Lipinski definition) is 3. The van der Waals surface area contributed by atoms with E-state index in [-0.39, 0.29) is 0 Å². The van der Waals surface area contributed by atoms with Crippen LogP contribution in [0.3, 0.4) is 0 Å². The fourth-order valence-electron chi connectivity index (χ4n) is 2.30. The molecule has 0 atom stereocenters. The zero-order valence-electron chi connectivity index (χ0n) is 12.8. The van der Waals surface area contributed by atoms with Crippen molar-refractivity contribution in [2.45, 2.75) is 33.4 Å². The first-order valence-electron chi connectivity index (χ1n) is 7.21. The number of aryl methyl sites for hydroxylation is 2. The quantitative estimate of drug-likeness (QED) is 0.877. The van der Waals surface area contributed by atoms with Crippen molar-refractivity contribution in [3.05, 3.63) is 41.7 Å².